The molecule has 1 aromatic carbocycles. The maximum Gasteiger partial charge on any atom is 0.269 e. The Kier molecular flexibility index (Phi) is 3.46. The third kappa shape index (κ3) is 2.81. The number of fused-ring (bicyclic) bond motifs is 1. The Bertz CT molecular complexity index is 657. The van der Waals surface area contributed by atoms with E-state index in [1.165, 1.54) is 4.90 Å². The van der Waals surface area contributed by atoms with Gasteiger partial charge < -0.3 is 9.64 Å². The molecule has 0 fully saturated rings. The van der Waals surface area contributed by atoms with Crippen LogP contribution in [-0.2, 0) is 9.59 Å². The molecule has 1 aliphatic rings. The van der Waals surface area contributed by atoms with Crippen LogP contribution in [0.4, 0.5) is 11.6 Å². The SMILES string of the molecule is O=C(CCN1C(=O)COc2ccccc21)Nc1nn[nH]n1. The van der Waals surface area contributed by atoms with E-state index in [0.717, 1.165) is 0 Å². The van der Waals surface area contributed by atoms with Crippen molar-refractivity contribution in [3.63, 3.8) is 0 Å². The molecule has 2 amide bonds. The van der Waals surface area contributed by atoms with Gasteiger partial charge in [-0.2, -0.15) is 5.21 Å². The van der Waals surface area contributed by atoms with E-state index < -0.39 is 0 Å². The molecule has 2 aromatic rings. The van der Waals surface area contributed by atoms with E-state index in [9.17, 15) is 9.59 Å². The summed E-state index contributed by atoms with van der Waals surface area (Å²) in [6.45, 7) is 0.229. The number of rotatable bonds is 4. The highest BCUT2D eigenvalue weighted by Crippen LogP contribution is 2.31. The van der Waals surface area contributed by atoms with Gasteiger partial charge in [-0.3, -0.25) is 14.9 Å². The van der Waals surface area contributed by atoms with Gasteiger partial charge in [0.25, 0.3) is 11.9 Å². The van der Waals surface area contributed by atoms with Crippen molar-refractivity contribution in [1.29, 1.82) is 0 Å². The van der Waals surface area contributed by atoms with E-state index in [1.807, 2.05) is 12.1 Å². The van der Waals surface area contributed by atoms with Crippen LogP contribution in [0, 0.1) is 0 Å². The van der Waals surface area contributed by atoms with Crippen molar-refractivity contribution >= 4 is 23.5 Å². The second-order valence-electron chi connectivity index (χ2n) is 4.34. The fourth-order valence-corrected chi connectivity index (χ4v) is 2.01. The van der Waals surface area contributed by atoms with E-state index in [4.69, 9.17) is 4.74 Å². The summed E-state index contributed by atoms with van der Waals surface area (Å²) in [5, 5.41) is 15.3. The zero-order valence-corrected chi connectivity index (χ0v) is 10.9. The van der Waals surface area contributed by atoms with Gasteiger partial charge in [-0.15, -0.1) is 5.10 Å². The minimum Gasteiger partial charge on any atom is -0.482 e. The van der Waals surface area contributed by atoms with Crippen LogP contribution < -0.4 is 15.0 Å². The minimum absolute atomic E-state index is 0.0243. The topological polar surface area (TPSA) is 113 Å². The summed E-state index contributed by atoms with van der Waals surface area (Å²) in [4.78, 5) is 25.2. The molecule has 9 heteroatoms. The molecular weight excluding hydrogens is 276 g/mol. The molecule has 0 aliphatic carbocycles. The maximum atomic E-state index is 11.9. The van der Waals surface area contributed by atoms with Crippen molar-refractivity contribution in [2.24, 2.45) is 0 Å². The van der Waals surface area contributed by atoms with Crippen LogP contribution in [-0.4, -0.2) is 45.6 Å². The van der Waals surface area contributed by atoms with Gasteiger partial charge in [-0.25, -0.2) is 0 Å². The summed E-state index contributed by atoms with van der Waals surface area (Å²) in [5.74, 6) is 0.263. The number of ether oxygens (including phenoxy) is 1. The van der Waals surface area contributed by atoms with Crippen LogP contribution in [0.1, 0.15) is 6.42 Å². The average molecular weight is 288 g/mol. The lowest BCUT2D eigenvalue weighted by Gasteiger charge is -2.29. The number of nitrogens with zero attached hydrogens (tertiary/aromatic N) is 4. The molecule has 0 radical (unpaired) electrons. The largest absolute Gasteiger partial charge is 0.482 e. The lowest BCUT2D eigenvalue weighted by Crippen LogP contribution is -2.40. The first kappa shape index (κ1) is 13.0. The molecule has 9 nitrogen and oxygen atoms in total. The molecule has 2 heterocycles. The van der Waals surface area contributed by atoms with Gasteiger partial charge in [0.05, 0.1) is 5.69 Å². The number of nitrogens with one attached hydrogen (secondary N) is 2. The first-order valence-electron chi connectivity index (χ1n) is 6.29. The van der Waals surface area contributed by atoms with Gasteiger partial charge in [0.15, 0.2) is 6.61 Å². The van der Waals surface area contributed by atoms with Crippen LogP contribution in [0.15, 0.2) is 24.3 Å². The highest BCUT2D eigenvalue weighted by Gasteiger charge is 2.25. The number of carbonyl (C=O) groups is 2. The zero-order valence-electron chi connectivity index (χ0n) is 10.9. The van der Waals surface area contributed by atoms with Crippen molar-refractivity contribution in [2.75, 3.05) is 23.4 Å². The van der Waals surface area contributed by atoms with Crippen LogP contribution >= 0.6 is 0 Å². The molecule has 0 saturated heterocycles. The summed E-state index contributed by atoms with van der Waals surface area (Å²) >= 11 is 0. The fraction of sp³-hybridized carbons (Fsp3) is 0.250. The normalized spacial score (nSPS) is 13.5. The molecule has 1 aromatic heterocycles. The predicted molar refractivity (Wildman–Crippen MR) is 71.7 cm³/mol. The van der Waals surface area contributed by atoms with Crippen LogP contribution in [0.3, 0.4) is 0 Å². The summed E-state index contributed by atoms with van der Waals surface area (Å²) < 4.78 is 5.33. The number of H-pyrrole nitrogens is 1. The third-order valence-electron chi connectivity index (χ3n) is 2.97. The van der Waals surface area contributed by atoms with E-state index >= 15 is 0 Å². The molecule has 1 aliphatic heterocycles. The predicted octanol–water partition coefficient (Wildman–Crippen LogP) is -0.0461. The van der Waals surface area contributed by atoms with Gasteiger partial charge in [-0.1, -0.05) is 17.2 Å². The highest BCUT2D eigenvalue weighted by atomic mass is 16.5. The minimum atomic E-state index is -0.298. The Balaban J connectivity index is 1.64. The zero-order chi connectivity index (χ0) is 14.7. The molecule has 108 valence electrons. The van der Waals surface area contributed by atoms with Crippen LogP contribution in [0.2, 0.25) is 0 Å². The molecule has 21 heavy (non-hydrogen) atoms. The van der Waals surface area contributed by atoms with Crippen LogP contribution in [0.5, 0.6) is 5.75 Å². The van der Waals surface area contributed by atoms with E-state index in [0.29, 0.717) is 11.4 Å². The van der Waals surface area contributed by atoms with Crippen LogP contribution in [0.25, 0.3) is 0 Å². The Hall–Kier alpha value is -2.97. The summed E-state index contributed by atoms with van der Waals surface area (Å²) in [7, 11) is 0. The number of hydrogen-bond donors (Lipinski definition) is 2. The number of para-hydroxylation sites is 2. The van der Waals surface area contributed by atoms with Gasteiger partial charge in [-0.05, 0) is 17.3 Å². The lowest BCUT2D eigenvalue weighted by atomic mass is 10.2. The number of amides is 2. The summed E-state index contributed by atoms with van der Waals surface area (Å²) in [6.07, 6.45) is 0.120. The third-order valence-corrected chi connectivity index (χ3v) is 2.97. The molecule has 0 unspecified atom stereocenters. The van der Waals surface area contributed by atoms with Gasteiger partial charge in [0, 0.05) is 13.0 Å². The van der Waals surface area contributed by atoms with Gasteiger partial charge in [0.2, 0.25) is 5.91 Å². The maximum absolute atomic E-state index is 11.9. The fourth-order valence-electron chi connectivity index (χ4n) is 2.01. The Morgan fingerprint density at radius 2 is 2.29 bits per heavy atom. The molecule has 0 bridgehead atoms. The number of carbonyl (C=O) groups excluding carboxylic acids is 2. The average Bonchev–Trinajstić information content (AvgIpc) is 2.99. The molecule has 2 N–H and O–H groups in total. The standard InChI is InChI=1S/C12H12N6O3/c19-10(13-12-14-16-17-15-12)5-6-18-8-3-1-2-4-9(8)21-7-11(18)20/h1-4H,5-7H2,(H2,13,14,15,16,17,19). The quantitative estimate of drug-likeness (QED) is 0.815. The second kappa shape index (κ2) is 5.57. The van der Waals surface area contributed by atoms with Gasteiger partial charge >= 0.3 is 0 Å². The van der Waals surface area contributed by atoms with Gasteiger partial charge in [0.1, 0.15) is 5.75 Å². The van der Waals surface area contributed by atoms with Crippen molar-refractivity contribution in [3.8, 4) is 5.75 Å². The number of anilines is 2. The molecule has 0 saturated carbocycles. The number of tetrazole rings is 1. The number of aromatic amines is 1. The molecule has 3 rings (SSSR count). The first-order chi connectivity index (χ1) is 10.2. The number of aromatic nitrogens is 4. The van der Waals surface area contributed by atoms with E-state index in [2.05, 4.69) is 25.9 Å². The summed E-state index contributed by atoms with van der Waals surface area (Å²) in [5.41, 5.74) is 0.668. The Morgan fingerprint density at radius 3 is 3.10 bits per heavy atom. The lowest BCUT2D eigenvalue weighted by molar-refractivity contribution is -0.121. The summed E-state index contributed by atoms with van der Waals surface area (Å²) in [6, 6.07) is 7.21. The smallest absolute Gasteiger partial charge is 0.269 e. The highest BCUT2D eigenvalue weighted by molar-refractivity contribution is 5.98. The number of hydrogen-bond acceptors (Lipinski definition) is 6. The van der Waals surface area contributed by atoms with Crippen molar-refractivity contribution in [2.45, 2.75) is 6.42 Å². The van der Waals surface area contributed by atoms with Crippen molar-refractivity contribution in [3.05, 3.63) is 24.3 Å². The monoisotopic (exact) mass is 288 g/mol. The molecule has 0 spiro atoms. The van der Waals surface area contributed by atoms with E-state index in [1.54, 1.807) is 12.1 Å². The van der Waals surface area contributed by atoms with Crippen molar-refractivity contribution in [1.82, 2.24) is 20.6 Å². The molecular formula is C12H12N6O3. The number of benzene rings is 1. The van der Waals surface area contributed by atoms with E-state index in [-0.39, 0.29) is 37.3 Å². The Morgan fingerprint density at radius 1 is 1.43 bits per heavy atom. The van der Waals surface area contributed by atoms with Crippen molar-refractivity contribution < 1.29 is 14.3 Å². The second-order valence-corrected chi connectivity index (χ2v) is 4.34. The molecule has 0 atom stereocenters. The first-order valence-corrected chi connectivity index (χ1v) is 6.29. The Labute approximate surface area is 119 Å².